The fourth-order valence-electron chi connectivity index (χ4n) is 2.78. The van der Waals surface area contributed by atoms with Crippen molar-refractivity contribution in [2.75, 3.05) is 6.54 Å². The Morgan fingerprint density at radius 3 is 2.71 bits per heavy atom. The van der Waals surface area contributed by atoms with E-state index in [4.69, 9.17) is 17.3 Å². The first-order valence-corrected chi connectivity index (χ1v) is 7.35. The molecule has 1 atom stereocenters. The maximum absolute atomic E-state index is 12.3. The van der Waals surface area contributed by atoms with Crippen molar-refractivity contribution in [3.63, 3.8) is 0 Å². The molecule has 6 nitrogen and oxygen atoms in total. The van der Waals surface area contributed by atoms with Crippen LogP contribution in [-0.4, -0.2) is 23.4 Å². The summed E-state index contributed by atoms with van der Waals surface area (Å²) in [5.74, 6) is -0.0394. The fraction of sp³-hybridized carbons (Fsp3) is 0.500. The third-order valence-electron chi connectivity index (χ3n) is 3.94. The second-order valence-corrected chi connectivity index (χ2v) is 5.69. The largest absolute Gasteiger partial charge is 0.348 e. The highest BCUT2D eigenvalue weighted by molar-refractivity contribution is 6.33. The number of nitrogens with zero attached hydrogens (tertiary/aromatic N) is 1. The van der Waals surface area contributed by atoms with E-state index in [9.17, 15) is 14.9 Å². The molecule has 21 heavy (non-hydrogen) atoms. The predicted molar refractivity (Wildman–Crippen MR) is 80.4 cm³/mol. The molecule has 0 radical (unpaired) electrons. The van der Waals surface area contributed by atoms with Crippen molar-refractivity contribution < 1.29 is 9.72 Å². The second-order valence-electron chi connectivity index (χ2n) is 5.28. The molecular weight excluding hydrogens is 294 g/mol. The minimum Gasteiger partial charge on any atom is -0.348 e. The van der Waals surface area contributed by atoms with Gasteiger partial charge in [0.15, 0.2) is 0 Å². The Balaban J connectivity index is 2.15. The summed E-state index contributed by atoms with van der Waals surface area (Å²) < 4.78 is 0. The van der Waals surface area contributed by atoms with E-state index in [0.29, 0.717) is 12.5 Å². The SMILES string of the molecule is NCC(NC(=O)c1cc([N+](=O)[O-])ccc1Cl)C1CCCC1. The molecule has 1 amide bonds. The Kier molecular flexibility index (Phi) is 5.14. The highest BCUT2D eigenvalue weighted by Gasteiger charge is 2.26. The summed E-state index contributed by atoms with van der Waals surface area (Å²) in [5.41, 5.74) is 5.69. The molecule has 3 N–H and O–H groups in total. The van der Waals surface area contributed by atoms with E-state index in [2.05, 4.69) is 5.32 Å². The van der Waals surface area contributed by atoms with Crippen LogP contribution in [0, 0.1) is 16.0 Å². The molecule has 0 heterocycles. The molecule has 1 aliphatic carbocycles. The van der Waals surface area contributed by atoms with Crippen LogP contribution in [0.1, 0.15) is 36.0 Å². The Labute approximate surface area is 127 Å². The summed E-state index contributed by atoms with van der Waals surface area (Å²) in [7, 11) is 0. The Hall–Kier alpha value is -1.66. The minimum absolute atomic E-state index is 0.113. The molecule has 0 aliphatic heterocycles. The van der Waals surface area contributed by atoms with Crippen LogP contribution in [0.2, 0.25) is 5.02 Å². The summed E-state index contributed by atoms with van der Waals surface area (Å²) >= 11 is 5.97. The molecule has 1 aromatic carbocycles. The third kappa shape index (κ3) is 3.71. The van der Waals surface area contributed by atoms with Gasteiger partial charge in [-0.2, -0.15) is 0 Å². The Morgan fingerprint density at radius 1 is 1.48 bits per heavy atom. The maximum atomic E-state index is 12.3. The van der Waals surface area contributed by atoms with Crippen molar-refractivity contribution in [1.29, 1.82) is 0 Å². The quantitative estimate of drug-likeness (QED) is 0.644. The Morgan fingerprint density at radius 2 is 2.14 bits per heavy atom. The van der Waals surface area contributed by atoms with E-state index in [1.54, 1.807) is 0 Å². The van der Waals surface area contributed by atoms with Crippen LogP contribution in [0.3, 0.4) is 0 Å². The van der Waals surface area contributed by atoms with Crippen LogP contribution in [0.5, 0.6) is 0 Å². The van der Waals surface area contributed by atoms with E-state index in [1.165, 1.54) is 18.2 Å². The summed E-state index contributed by atoms with van der Waals surface area (Å²) in [6.45, 7) is 0.350. The van der Waals surface area contributed by atoms with Gasteiger partial charge in [-0.05, 0) is 24.8 Å². The normalized spacial score (nSPS) is 16.7. The lowest BCUT2D eigenvalue weighted by Gasteiger charge is -2.23. The zero-order valence-corrected chi connectivity index (χ0v) is 12.3. The lowest BCUT2D eigenvalue weighted by molar-refractivity contribution is -0.384. The molecular formula is C14H18ClN3O3. The van der Waals surface area contributed by atoms with Gasteiger partial charge in [-0.25, -0.2) is 0 Å². The first-order valence-electron chi connectivity index (χ1n) is 6.97. The molecule has 2 rings (SSSR count). The zero-order chi connectivity index (χ0) is 15.4. The number of hydrogen-bond donors (Lipinski definition) is 2. The molecule has 114 valence electrons. The van der Waals surface area contributed by atoms with Gasteiger partial charge in [-0.15, -0.1) is 0 Å². The van der Waals surface area contributed by atoms with Gasteiger partial charge in [0.25, 0.3) is 11.6 Å². The fourth-order valence-corrected chi connectivity index (χ4v) is 2.98. The van der Waals surface area contributed by atoms with E-state index in [0.717, 1.165) is 25.7 Å². The number of rotatable bonds is 5. The number of hydrogen-bond acceptors (Lipinski definition) is 4. The number of nitro benzene ring substituents is 1. The van der Waals surface area contributed by atoms with Crippen LogP contribution in [-0.2, 0) is 0 Å². The maximum Gasteiger partial charge on any atom is 0.270 e. The molecule has 1 aromatic rings. The summed E-state index contributed by atoms with van der Waals surface area (Å²) in [6, 6.07) is 3.72. The highest BCUT2D eigenvalue weighted by Crippen LogP contribution is 2.28. The molecule has 1 saturated carbocycles. The Bertz CT molecular complexity index is 544. The van der Waals surface area contributed by atoms with Gasteiger partial charge in [0.05, 0.1) is 15.5 Å². The molecule has 7 heteroatoms. The van der Waals surface area contributed by atoms with E-state index >= 15 is 0 Å². The average Bonchev–Trinajstić information content (AvgIpc) is 2.98. The molecule has 0 bridgehead atoms. The van der Waals surface area contributed by atoms with Crippen molar-refractivity contribution in [2.24, 2.45) is 11.7 Å². The first-order chi connectivity index (χ1) is 10.0. The molecule has 1 aliphatic rings. The van der Waals surface area contributed by atoms with Gasteiger partial charge in [0, 0.05) is 24.7 Å². The molecule has 0 saturated heterocycles. The van der Waals surface area contributed by atoms with Gasteiger partial charge in [0.2, 0.25) is 0 Å². The monoisotopic (exact) mass is 311 g/mol. The number of benzene rings is 1. The first kappa shape index (κ1) is 15.7. The van der Waals surface area contributed by atoms with Gasteiger partial charge >= 0.3 is 0 Å². The van der Waals surface area contributed by atoms with Crippen molar-refractivity contribution >= 4 is 23.2 Å². The smallest absolute Gasteiger partial charge is 0.270 e. The summed E-state index contributed by atoms with van der Waals surface area (Å²) in [5, 5.41) is 13.8. The van der Waals surface area contributed by atoms with Crippen molar-refractivity contribution in [2.45, 2.75) is 31.7 Å². The summed E-state index contributed by atoms with van der Waals surface area (Å²) in [4.78, 5) is 22.5. The van der Waals surface area contributed by atoms with Gasteiger partial charge in [-0.1, -0.05) is 24.4 Å². The number of nitro groups is 1. The van der Waals surface area contributed by atoms with Crippen LogP contribution in [0.25, 0.3) is 0 Å². The van der Waals surface area contributed by atoms with E-state index in [1.807, 2.05) is 0 Å². The molecule has 1 unspecified atom stereocenters. The average molecular weight is 312 g/mol. The van der Waals surface area contributed by atoms with Crippen LogP contribution < -0.4 is 11.1 Å². The lowest BCUT2D eigenvalue weighted by atomic mass is 9.98. The van der Waals surface area contributed by atoms with Gasteiger partial charge < -0.3 is 11.1 Å². The van der Waals surface area contributed by atoms with Crippen molar-refractivity contribution in [3.8, 4) is 0 Å². The minimum atomic E-state index is -0.551. The van der Waals surface area contributed by atoms with Crippen molar-refractivity contribution in [1.82, 2.24) is 5.32 Å². The lowest BCUT2D eigenvalue weighted by Crippen LogP contribution is -2.44. The number of carbonyl (C=O) groups is 1. The molecule has 0 aromatic heterocycles. The number of non-ortho nitro benzene ring substituents is 1. The van der Waals surface area contributed by atoms with E-state index < -0.39 is 10.8 Å². The van der Waals surface area contributed by atoms with Crippen LogP contribution in [0.4, 0.5) is 5.69 Å². The van der Waals surface area contributed by atoms with Crippen molar-refractivity contribution in [3.05, 3.63) is 38.9 Å². The van der Waals surface area contributed by atoms with E-state index in [-0.39, 0.29) is 22.3 Å². The molecule has 0 spiro atoms. The number of halogens is 1. The standard InChI is InChI=1S/C14H18ClN3O3/c15-12-6-5-10(18(20)21)7-11(12)14(19)17-13(8-16)9-3-1-2-4-9/h5-7,9,13H,1-4,8,16H2,(H,17,19). The van der Waals surface area contributed by atoms with Gasteiger partial charge in [-0.3, -0.25) is 14.9 Å². The third-order valence-corrected chi connectivity index (χ3v) is 4.27. The predicted octanol–water partition coefficient (Wildman–Crippen LogP) is 2.50. The number of nitrogens with two attached hydrogens (primary N) is 1. The zero-order valence-electron chi connectivity index (χ0n) is 11.5. The number of carbonyl (C=O) groups excluding carboxylic acids is 1. The highest BCUT2D eigenvalue weighted by atomic mass is 35.5. The second kappa shape index (κ2) is 6.87. The van der Waals surface area contributed by atoms with Crippen LogP contribution in [0.15, 0.2) is 18.2 Å². The summed E-state index contributed by atoms with van der Waals surface area (Å²) in [6.07, 6.45) is 4.39. The number of amides is 1. The van der Waals surface area contributed by atoms with Gasteiger partial charge in [0.1, 0.15) is 0 Å². The topological polar surface area (TPSA) is 98.3 Å². The number of nitrogens with one attached hydrogen (secondary N) is 1. The van der Waals surface area contributed by atoms with Crippen LogP contribution >= 0.6 is 11.6 Å². The molecule has 1 fully saturated rings.